The van der Waals surface area contributed by atoms with Gasteiger partial charge in [-0.3, -0.25) is 0 Å². The molecule has 0 aliphatic carbocycles. The number of hydrogen-bond acceptors (Lipinski definition) is 2. The van der Waals surface area contributed by atoms with Crippen LogP contribution in [0.25, 0.3) is 0 Å². The molecular formula is C12H17FN2. The summed E-state index contributed by atoms with van der Waals surface area (Å²) in [6.07, 6.45) is 1.99. The number of benzene rings is 1. The first-order chi connectivity index (χ1) is 7.15. The lowest BCUT2D eigenvalue weighted by molar-refractivity contribution is 0.500. The van der Waals surface area contributed by atoms with E-state index in [1.807, 2.05) is 13.0 Å². The topological polar surface area (TPSA) is 29.3 Å². The van der Waals surface area contributed by atoms with Gasteiger partial charge in [-0.05, 0) is 43.5 Å². The van der Waals surface area contributed by atoms with E-state index in [1.54, 1.807) is 12.1 Å². The van der Waals surface area contributed by atoms with E-state index in [-0.39, 0.29) is 5.82 Å². The summed E-state index contributed by atoms with van der Waals surface area (Å²) in [5.41, 5.74) is 7.79. The van der Waals surface area contributed by atoms with E-state index in [2.05, 4.69) is 4.90 Å². The van der Waals surface area contributed by atoms with E-state index in [4.69, 9.17) is 5.73 Å². The van der Waals surface area contributed by atoms with Crippen LogP contribution >= 0.6 is 0 Å². The second-order valence-electron chi connectivity index (χ2n) is 4.31. The molecule has 0 aromatic heterocycles. The second-order valence-corrected chi connectivity index (χ2v) is 4.31. The molecule has 3 heteroatoms. The Morgan fingerprint density at radius 1 is 1.27 bits per heavy atom. The fourth-order valence-corrected chi connectivity index (χ4v) is 2.06. The van der Waals surface area contributed by atoms with Gasteiger partial charge in [0.15, 0.2) is 0 Å². The van der Waals surface area contributed by atoms with Crippen molar-refractivity contribution in [2.75, 3.05) is 18.0 Å². The third-order valence-electron chi connectivity index (χ3n) is 2.93. The van der Waals surface area contributed by atoms with Crippen LogP contribution < -0.4 is 10.6 Å². The van der Waals surface area contributed by atoms with Crippen molar-refractivity contribution < 1.29 is 4.39 Å². The lowest BCUT2D eigenvalue weighted by atomic mass is 10.0. The van der Waals surface area contributed by atoms with Crippen LogP contribution in [0.5, 0.6) is 0 Å². The van der Waals surface area contributed by atoms with Crippen molar-refractivity contribution in [1.29, 1.82) is 0 Å². The zero-order valence-electron chi connectivity index (χ0n) is 9.04. The summed E-state index contributed by atoms with van der Waals surface area (Å²) >= 11 is 0. The van der Waals surface area contributed by atoms with Gasteiger partial charge in [-0.25, -0.2) is 4.39 Å². The van der Waals surface area contributed by atoms with E-state index in [0.29, 0.717) is 6.04 Å². The fourth-order valence-electron chi connectivity index (χ4n) is 2.06. The molecule has 1 fully saturated rings. The van der Waals surface area contributed by atoms with Crippen LogP contribution in [0.15, 0.2) is 18.2 Å². The number of aryl methyl sites for hydroxylation is 1. The van der Waals surface area contributed by atoms with Gasteiger partial charge in [0.25, 0.3) is 0 Å². The Morgan fingerprint density at radius 3 is 2.53 bits per heavy atom. The van der Waals surface area contributed by atoms with Crippen LogP contribution in [0.1, 0.15) is 18.4 Å². The number of anilines is 1. The van der Waals surface area contributed by atoms with E-state index >= 15 is 0 Å². The lowest BCUT2D eigenvalue weighted by Crippen LogP contribution is -2.39. The number of halogens is 1. The first-order valence-corrected chi connectivity index (χ1v) is 5.43. The maximum atomic E-state index is 13.2. The van der Waals surface area contributed by atoms with Gasteiger partial charge in [-0.1, -0.05) is 0 Å². The fraction of sp³-hybridized carbons (Fsp3) is 0.500. The highest BCUT2D eigenvalue weighted by Gasteiger charge is 2.16. The van der Waals surface area contributed by atoms with Gasteiger partial charge in [-0.2, -0.15) is 0 Å². The number of nitrogens with zero attached hydrogens (tertiary/aromatic N) is 1. The first kappa shape index (κ1) is 10.4. The normalized spacial score (nSPS) is 18.2. The molecule has 1 aromatic carbocycles. The Morgan fingerprint density at radius 2 is 1.93 bits per heavy atom. The number of hydrogen-bond donors (Lipinski definition) is 1. The van der Waals surface area contributed by atoms with Crippen molar-refractivity contribution in [3.05, 3.63) is 29.6 Å². The lowest BCUT2D eigenvalue weighted by Gasteiger charge is -2.32. The molecule has 2 N–H and O–H groups in total. The minimum Gasteiger partial charge on any atom is -0.371 e. The third-order valence-corrected chi connectivity index (χ3v) is 2.93. The van der Waals surface area contributed by atoms with Crippen LogP contribution in [-0.4, -0.2) is 19.1 Å². The van der Waals surface area contributed by atoms with Crippen molar-refractivity contribution in [1.82, 2.24) is 0 Å². The van der Waals surface area contributed by atoms with Gasteiger partial charge in [0.1, 0.15) is 5.82 Å². The molecule has 0 unspecified atom stereocenters. The molecule has 0 saturated carbocycles. The molecule has 2 nitrogen and oxygen atoms in total. The summed E-state index contributed by atoms with van der Waals surface area (Å²) < 4.78 is 13.2. The molecule has 0 spiro atoms. The molecule has 82 valence electrons. The largest absolute Gasteiger partial charge is 0.371 e. The Kier molecular flexibility index (Phi) is 2.91. The number of rotatable bonds is 1. The van der Waals surface area contributed by atoms with Gasteiger partial charge in [0.2, 0.25) is 0 Å². The van der Waals surface area contributed by atoms with Crippen LogP contribution in [0.2, 0.25) is 0 Å². The van der Waals surface area contributed by atoms with Gasteiger partial charge in [0, 0.05) is 24.8 Å². The van der Waals surface area contributed by atoms with Crippen molar-refractivity contribution in [2.24, 2.45) is 5.73 Å². The van der Waals surface area contributed by atoms with Crippen LogP contribution in [0.4, 0.5) is 10.1 Å². The highest BCUT2D eigenvalue weighted by atomic mass is 19.1. The predicted octanol–water partition coefficient (Wildman–Crippen LogP) is 2.06. The number of nitrogens with two attached hydrogens (primary N) is 1. The van der Waals surface area contributed by atoms with Crippen molar-refractivity contribution in [2.45, 2.75) is 25.8 Å². The van der Waals surface area contributed by atoms with Crippen LogP contribution in [-0.2, 0) is 0 Å². The maximum Gasteiger partial charge on any atom is 0.125 e. The molecule has 2 rings (SSSR count). The van der Waals surface area contributed by atoms with Crippen molar-refractivity contribution in [3.8, 4) is 0 Å². The molecular weight excluding hydrogens is 191 g/mol. The smallest absolute Gasteiger partial charge is 0.125 e. The van der Waals surface area contributed by atoms with E-state index in [0.717, 1.165) is 37.2 Å². The predicted molar refractivity (Wildman–Crippen MR) is 60.6 cm³/mol. The van der Waals surface area contributed by atoms with Crippen LogP contribution in [0.3, 0.4) is 0 Å². The first-order valence-electron chi connectivity index (χ1n) is 5.43. The molecule has 0 amide bonds. The standard InChI is InChI=1S/C12H17FN2/c1-9-6-10(13)8-12(7-9)15-4-2-11(14)3-5-15/h6-8,11H,2-5,14H2,1H3. The monoisotopic (exact) mass is 208 g/mol. The molecule has 0 atom stereocenters. The SMILES string of the molecule is Cc1cc(F)cc(N2CCC(N)CC2)c1. The molecule has 1 saturated heterocycles. The summed E-state index contributed by atoms with van der Waals surface area (Å²) in [4.78, 5) is 2.21. The quantitative estimate of drug-likeness (QED) is 0.765. The van der Waals surface area contributed by atoms with E-state index in [9.17, 15) is 4.39 Å². The molecule has 1 heterocycles. The summed E-state index contributed by atoms with van der Waals surface area (Å²) in [6, 6.07) is 5.50. The molecule has 1 aliphatic heterocycles. The van der Waals surface area contributed by atoms with Crippen molar-refractivity contribution >= 4 is 5.69 Å². The molecule has 1 aliphatic rings. The summed E-state index contributed by atoms with van der Waals surface area (Å²) in [6.45, 7) is 3.79. The maximum absolute atomic E-state index is 13.2. The number of piperidine rings is 1. The highest BCUT2D eigenvalue weighted by Crippen LogP contribution is 2.21. The van der Waals surface area contributed by atoms with Crippen LogP contribution in [0, 0.1) is 12.7 Å². The Hall–Kier alpha value is -1.09. The molecule has 0 bridgehead atoms. The minimum absolute atomic E-state index is 0.153. The van der Waals surface area contributed by atoms with Gasteiger partial charge >= 0.3 is 0 Å². The van der Waals surface area contributed by atoms with Gasteiger partial charge in [0.05, 0.1) is 0 Å². The summed E-state index contributed by atoms with van der Waals surface area (Å²) in [5, 5.41) is 0. The Labute approximate surface area is 89.9 Å². The van der Waals surface area contributed by atoms with E-state index < -0.39 is 0 Å². The van der Waals surface area contributed by atoms with Gasteiger partial charge in [-0.15, -0.1) is 0 Å². The van der Waals surface area contributed by atoms with Gasteiger partial charge < -0.3 is 10.6 Å². The highest BCUT2D eigenvalue weighted by molar-refractivity contribution is 5.49. The zero-order valence-corrected chi connectivity index (χ0v) is 9.04. The minimum atomic E-state index is -0.153. The molecule has 1 aromatic rings. The Bertz CT molecular complexity index is 323. The average Bonchev–Trinajstić information content (AvgIpc) is 2.17. The Balaban J connectivity index is 2.15. The summed E-state index contributed by atoms with van der Waals surface area (Å²) in [7, 11) is 0. The average molecular weight is 208 g/mol. The second kappa shape index (κ2) is 4.19. The van der Waals surface area contributed by atoms with E-state index in [1.165, 1.54) is 0 Å². The molecule has 15 heavy (non-hydrogen) atoms. The third kappa shape index (κ3) is 2.48. The zero-order chi connectivity index (χ0) is 10.8. The molecule has 0 radical (unpaired) electrons. The summed E-state index contributed by atoms with van der Waals surface area (Å²) in [5.74, 6) is -0.153. The van der Waals surface area contributed by atoms with Crippen molar-refractivity contribution in [3.63, 3.8) is 0 Å².